The second kappa shape index (κ2) is 11.0. The van der Waals surface area contributed by atoms with Crippen molar-refractivity contribution in [3.8, 4) is 0 Å². The topological polar surface area (TPSA) is 120 Å². The first-order valence-electron chi connectivity index (χ1n) is 12.1. The second-order valence-electron chi connectivity index (χ2n) is 9.45. The molecule has 17 heteroatoms. The lowest BCUT2D eigenvalue weighted by atomic mass is 10.0. The van der Waals surface area contributed by atoms with Gasteiger partial charge in [-0.05, 0) is 13.0 Å². The first-order valence-corrected chi connectivity index (χ1v) is 12.1. The number of nitrogens with one attached hydrogen (secondary N) is 1. The molecule has 0 aromatic carbocycles. The highest BCUT2D eigenvalue weighted by molar-refractivity contribution is 6.37. The summed E-state index contributed by atoms with van der Waals surface area (Å²) in [5, 5.41) is 3.37. The Morgan fingerprint density at radius 3 is 2.62 bits per heavy atom. The van der Waals surface area contributed by atoms with Crippen LogP contribution in [0.15, 0.2) is 22.4 Å². The van der Waals surface area contributed by atoms with E-state index >= 15 is 0 Å². The Morgan fingerprint density at radius 1 is 1.23 bits per heavy atom. The minimum absolute atomic E-state index is 0.00552. The third-order valence-electron chi connectivity index (χ3n) is 6.60. The Kier molecular flexibility index (Phi) is 8.05. The number of halogens is 6. The number of anilines is 2. The second-order valence-corrected chi connectivity index (χ2v) is 9.45. The lowest BCUT2D eigenvalue weighted by molar-refractivity contribution is -0.168. The lowest BCUT2D eigenvalue weighted by Gasteiger charge is -2.46. The number of carbonyl (C=O) groups excluding carboxylic acids is 3. The van der Waals surface area contributed by atoms with E-state index in [0.717, 1.165) is 17.2 Å². The van der Waals surface area contributed by atoms with Gasteiger partial charge in [0, 0.05) is 26.3 Å². The number of aromatic nitrogens is 1. The number of piperazine rings is 1. The number of pyridine rings is 1. The molecule has 1 N–H and O–H groups in total. The van der Waals surface area contributed by atoms with Crippen LogP contribution in [0, 0.1) is 5.92 Å². The Balaban J connectivity index is 1.31. The fourth-order valence-electron chi connectivity index (χ4n) is 4.61. The molecule has 11 nitrogen and oxygen atoms in total. The van der Waals surface area contributed by atoms with Crippen molar-refractivity contribution in [1.29, 1.82) is 0 Å². The van der Waals surface area contributed by atoms with Gasteiger partial charge in [0.15, 0.2) is 11.7 Å². The minimum atomic E-state index is -4.84. The van der Waals surface area contributed by atoms with E-state index in [0.29, 0.717) is 6.20 Å². The Morgan fingerprint density at radius 2 is 1.95 bits per heavy atom. The van der Waals surface area contributed by atoms with Crippen LogP contribution < -0.4 is 15.2 Å². The predicted molar refractivity (Wildman–Crippen MR) is 129 cm³/mol. The number of hydrazone groups is 1. The number of ether oxygens (including phenoxy) is 1. The molecule has 1 saturated heterocycles. The summed E-state index contributed by atoms with van der Waals surface area (Å²) in [7, 11) is 1.35. The molecular formula is C23H25F6N7O4. The van der Waals surface area contributed by atoms with Gasteiger partial charge in [0.1, 0.15) is 6.04 Å². The zero-order valence-corrected chi connectivity index (χ0v) is 21.3. The van der Waals surface area contributed by atoms with Gasteiger partial charge in [-0.25, -0.2) is 10.4 Å². The van der Waals surface area contributed by atoms with Gasteiger partial charge in [-0.1, -0.05) is 0 Å². The quantitative estimate of drug-likeness (QED) is 0.406. The lowest BCUT2D eigenvalue weighted by Crippen LogP contribution is -2.63. The van der Waals surface area contributed by atoms with Gasteiger partial charge in [-0.3, -0.25) is 19.4 Å². The summed E-state index contributed by atoms with van der Waals surface area (Å²) in [4.78, 5) is 49.3. The Hall–Kier alpha value is -3.76. The highest BCUT2D eigenvalue weighted by atomic mass is 19.4. The molecular weight excluding hydrogens is 552 g/mol. The number of amides is 3. The van der Waals surface area contributed by atoms with Crippen molar-refractivity contribution in [1.82, 2.24) is 15.3 Å². The maximum Gasteiger partial charge on any atom is 0.417 e. The summed E-state index contributed by atoms with van der Waals surface area (Å²) in [6.07, 6.45) is -8.01. The number of hydrogen-bond donors (Lipinski definition) is 1. The summed E-state index contributed by atoms with van der Waals surface area (Å²) < 4.78 is 84.4. The molecule has 0 spiro atoms. The van der Waals surface area contributed by atoms with E-state index in [1.165, 1.54) is 18.9 Å². The van der Waals surface area contributed by atoms with Crippen LogP contribution in [0.1, 0.15) is 18.9 Å². The summed E-state index contributed by atoms with van der Waals surface area (Å²) in [5.74, 6) is -4.37. The SMILES string of the molecule is C[C@@H](COCCC(=O)N1CCN2c3ncc(C(F)(F)F)cc3N(C)C(=O)[C@H]2C1)N=C1C=NNC(=O)C1C(F)(F)F. The van der Waals surface area contributed by atoms with E-state index in [1.54, 1.807) is 10.3 Å². The van der Waals surface area contributed by atoms with Crippen LogP contribution in [-0.4, -0.2) is 97.7 Å². The molecule has 1 unspecified atom stereocenters. The van der Waals surface area contributed by atoms with Crippen molar-refractivity contribution in [2.75, 3.05) is 49.7 Å². The van der Waals surface area contributed by atoms with E-state index in [1.807, 2.05) is 0 Å². The molecule has 1 fully saturated rings. The summed E-state index contributed by atoms with van der Waals surface area (Å²) in [6, 6.07) is -0.722. The van der Waals surface area contributed by atoms with Gasteiger partial charge in [0.25, 0.3) is 11.8 Å². The molecule has 0 radical (unpaired) electrons. The van der Waals surface area contributed by atoms with Crippen molar-refractivity contribution < 1.29 is 45.5 Å². The van der Waals surface area contributed by atoms with Crippen LogP contribution >= 0.6 is 0 Å². The van der Waals surface area contributed by atoms with Crippen molar-refractivity contribution in [3.05, 3.63) is 17.8 Å². The van der Waals surface area contributed by atoms with Crippen molar-refractivity contribution >= 4 is 41.2 Å². The number of likely N-dealkylation sites (N-methyl/N-ethyl adjacent to an activating group) is 1. The van der Waals surface area contributed by atoms with Gasteiger partial charge >= 0.3 is 12.4 Å². The monoisotopic (exact) mass is 577 g/mol. The van der Waals surface area contributed by atoms with E-state index < -0.39 is 53.4 Å². The molecule has 3 amide bonds. The number of hydrogen-bond acceptors (Lipinski definition) is 8. The van der Waals surface area contributed by atoms with Crippen LogP contribution in [0.4, 0.5) is 37.8 Å². The predicted octanol–water partition coefficient (Wildman–Crippen LogP) is 1.62. The summed E-state index contributed by atoms with van der Waals surface area (Å²) >= 11 is 0. The van der Waals surface area contributed by atoms with Crippen LogP contribution in [0.2, 0.25) is 0 Å². The smallest absolute Gasteiger partial charge is 0.379 e. The number of fused-ring (bicyclic) bond motifs is 3. The zero-order valence-electron chi connectivity index (χ0n) is 21.3. The third kappa shape index (κ3) is 6.03. The molecule has 4 rings (SSSR count). The van der Waals surface area contributed by atoms with E-state index in [4.69, 9.17) is 4.74 Å². The normalized spacial score (nSPS) is 23.2. The number of aliphatic imine (C=N–C) groups is 1. The first-order chi connectivity index (χ1) is 18.7. The van der Waals surface area contributed by atoms with Crippen LogP contribution in [0.3, 0.4) is 0 Å². The van der Waals surface area contributed by atoms with E-state index in [2.05, 4.69) is 15.1 Å². The third-order valence-corrected chi connectivity index (χ3v) is 6.60. The van der Waals surface area contributed by atoms with Crippen LogP contribution in [0.5, 0.6) is 0 Å². The van der Waals surface area contributed by atoms with Crippen LogP contribution in [0.25, 0.3) is 0 Å². The number of alkyl halides is 6. The van der Waals surface area contributed by atoms with Crippen molar-refractivity contribution in [2.24, 2.45) is 16.0 Å². The molecule has 0 bridgehead atoms. The fraction of sp³-hybridized carbons (Fsp3) is 0.565. The van der Waals surface area contributed by atoms with E-state index in [-0.39, 0.29) is 56.7 Å². The molecule has 0 aliphatic carbocycles. The van der Waals surface area contributed by atoms with Crippen molar-refractivity contribution in [3.63, 3.8) is 0 Å². The van der Waals surface area contributed by atoms with Gasteiger partial charge in [-0.2, -0.15) is 31.4 Å². The maximum atomic E-state index is 13.2. The molecule has 40 heavy (non-hydrogen) atoms. The molecule has 3 aliphatic heterocycles. The number of nitrogens with zero attached hydrogens (tertiary/aromatic N) is 6. The minimum Gasteiger partial charge on any atom is -0.379 e. The first kappa shape index (κ1) is 29.2. The van der Waals surface area contributed by atoms with Gasteiger partial charge in [-0.15, -0.1) is 0 Å². The molecule has 1 aromatic rings. The van der Waals surface area contributed by atoms with Gasteiger partial charge in [0.05, 0.1) is 55.4 Å². The average molecular weight is 577 g/mol. The fourth-order valence-corrected chi connectivity index (χ4v) is 4.61. The standard InChI is InChI=1S/C23H25F6N7O4/c1-12(32-14-9-31-33-20(38)18(14)23(27,28)29)11-40-6-3-17(37)35-4-5-36-16(10-35)21(39)34(2)15-7-13(22(24,25)26)8-30-19(15)36/h7-9,12,16,18H,3-6,10-11H2,1-2H3,(H,33,38)/t12-,16+,18?/m0/s1. The number of rotatable bonds is 6. The van der Waals surface area contributed by atoms with Crippen LogP contribution in [-0.2, 0) is 25.3 Å². The van der Waals surface area contributed by atoms with Crippen molar-refractivity contribution in [2.45, 2.75) is 37.8 Å². The Bertz CT molecular complexity index is 1240. The summed E-state index contributed by atoms with van der Waals surface area (Å²) in [5.41, 5.74) is 0.266. The molecule has 0 saturated carbocycles. The van der Waals surface area contributed by atoms with Gasteiger partial charge < -0.3 is 19.4 Å². The molecule has 3 atom stereocenters. The molecule has 218 valence electrons. The Labute approximate surface area is 223 Å². The molecule has 1 aromatic heterocycles. The van der Waals surface area contributed by atoms with E-state index in [9.17, 15) is 40.7 Å². The highest BCUT2D eigenvalue weighted by Crippen LogP contribution is 2.39. The average Bonchev–Trinajstić information content (AvgIpc) is 2.87. The highest BCUT2D eigenvalue weighted by Gasteiger charge is 2.49. The molecule has 3 aliphatic rings. The number of carbonyl (C=O) groups is 3. The van der Waals surface area contributed by atoms with Gasteiger partial charge in [0.2, 0.25) is 5.91 Å². The summed E-state index contributed by atoms with van der Waals surface area (Å²) in [6.45, 7) is 1.64. The largest absolute Gasteiger partial charge is 0.417 e. The zero-order chi connectivity index (χ0) is 29.4. The maximum absolute atomic E-state index is 13.2. The molecule has 4 heterocycles.